The third kappa shape index (κ3) is 4.42. The smallest absolute Gasteiger partial charge is 0.295 e. The Morgan fingerprint density at radius 2 is 1.87 bits per heavy atom. The molecule has 1 unspecified atom stereocenters. The highest BCUT2D eigenvalue weighted by atomic mass is 16.6. The van der Waals surface area contributed by atoms with Crippen molar-refractivity contribution in [3.05, 3.63) is 75.3 Å². The number of Topliss-reactive ketones (excluding diaryl/α,β-unsaturated/α-hetero) is 1. The average Bonchev–Trinajstić information content (AvgIpc) is 3.02. The van der Waals surface area contributed by atoms with E-state index in [4.69, 9.17) is 4.74 Å². The molecule has 0 spiro atoms. The second kappa shape index (κ2) is 9.42. The zero-order valence-corrected chi connectivity index (χ0v) is 17.4. The van der Waals surface area contributed by atoms with Gasteiger partial charge in [-0.1, -0.05) is 25.5 Å². The van der Waals surface area contributed by atoms with Crippen LogP contribution in [-0.4, -0.2) is 39.8 Å². The Hall–Kier alpha value is -3.68. The number of ether oxygens (including phenoxy) is 1. The Morgan fingerprint density at radius 3 is 2.48 bits per heavy atom. The van der Waals surface area contributed by atoms with Gasteiger partial charge < -0.3 is 14.7 Å². The van der Waals surface area contributed by atoms with Crippen molar-refractivity contribution in [2.24, 2.45) is 0 Å². The first-order valence-corrected chi connectivity index (χ1v) is 10.1. The van der Waals surface area contributed by atoms with Crippen molar-refractivity contribution < 1.29 is 24.4 Å². The molecular weight excluding hydrogens is 400 g/mol. The number of hydrogen-bond acceptors (Lipinski definition) is 6. The number of nitro groups is 1. The fraction of sp³-hybridized carbons (Fsp3) is 0.304. The summed E-state index contributed by atoms with van der Waals surface area (Å²) in [5.41, 5.74) is 0.694. The molecule has 1 fully saturated rings. The summed E-state index contributed by atoms with van der Waals surface area (Å²) >= 11 is 0. The number of nitro benzene ring substituents is 1. The van der Waals surface area contributed by atoms with Crippen molar-refractivity contribution in [3.8, 4) is 5.75 Å². The molecule has 0 aromatic heterocycles. The van der Waals surface area contributed by atoms with Crippen LogP contribution in [-0.2, 0) is 9.59 Å². The second-order valence-electron chi connectivity index (χ2n) is 7.16. The number of ketones is 1. The van der Waals surface area contributed by atoms with Crippen LogP contribution < -0.4 is 4.74 Å². The summed E-state index contributed by atoms with van der Waals surface area (Å²) in [4.78, 5) is 37.6. The number of benzene rings is 2. The van der Waals surface area contributed by atoms with Crippen LogP contribution in [0.3, 0.4) is 0 Å². The highest BCUT2D eigenvalue weighted by molar-refractivity contribution is 6.46. The van der Waals surface area contributed by atoms with Gasteiger partial charge in [-0.25, -0.2) is 0 Å². The van der Waals surface area contributed by atoms with Gasteiger partial charge in [0.25, 0.3) is 17.4 Å². The first-order chi connectivity index (χ1) is 14.9. The number of aliphatic hydroxyl groups is 1. The molecular formula is C23H24N2O6. The Balaban J connectivity index is 2.13. The largest absolute Gasteiger partial charge is 0.507 e. The minimum absolute atomic E-state index is 0.0383. The molecule has 0 radical (unpaired) electrons. The second-order valence-corrected chi connectivity index (χ2v) is 7.16. The van der Waals surface area contributed by atoms with E-state index < -0.39 is 22.7 Å². The van der Waals surface area contributed by atoms with E-state index in [1.807, 2.05) is 13.8 Å². The molecule has 1 amide bonds. The lowest BCUT2D eigenvalue weighted by Gasteiger charge is -2.25. The van der Waals surface area contributed by atoms with Crippen LogP contribution in [0.5, 0.6) is 5.75 Å². The molecule has 1 aliphatic heterocycles. The lowest BCUT2D eigenvalue weighted by molar-refractivity contribution is -0.384. The number of non-ortho nitro benzene ring substituents is 1. The molecule has 0 saturated carbocycles. The summed E-state index contributed by atoms with van der Waals surface area (Å²) in [6, 6.07) is 11.5. The number of carbonyl (C=O) groups is 2. The van der Waals surface area contributed by atoms with E-state index in [-0.39, 0.29) is 22.6 Å². The Kier molecular flexibility index (Phi) is 6.69. The fourth-order valence-electron chi connectivity index (χ4n) is 3.62. The lowest BCUT2D eigenvalue weighted by atomic mass is 9.95. The molecule has 8 heteroatoms. The quantitative estimate of drug-likeness (QED) is 0.223. The number of unbranched alkanes of at least 4 members (excludes halogenated alkanes) is 1. The van der Waals surface area contributed by atoms with Gasteiger partial charge in [-0.3, -0.25) is 19.7 Å². The molecule has 0 bridgehead atoms. The van der Waals surface area contributed by atoms with Crippen LogP contribution in [0.15, 0.2) is 54.1 Å². The fourth-order valence-corrected chi connectivity index (χ4v) is 3.62. The number of aliphatic hydroxyl groups excluding tert-OH is 1. The SMILES string of the molecule is CCCCN1C(=O)C(=O)/C(=C(/O)c2ccc([N+](=O)[O-])cc2)C1c1cccc(OCC)c1. The molecule has 2 aromatic carbocycles. The minimum Gasteiger partial charge on any atom is -0.507 e. The van der Waals surface area contributed by atoms with Crippen molar-refractivity contribution in [1.82, 2.24) is 4.90 Å². The third-order valence-electron chi connectivity index (χ3n) is 5.13. The van der Waals surface area contributed by atoms with Crippen LogP contribution in [0.4, 0.5) is 5.69 Å². The van der Waals surface area contributed by atoms with E-state index >= 15 is 0 Å². The van der Waals surface area contributed by atoms with E-state index in [2.05, 4.69) is 0 Å². The number of likely N-dealkylation sites (tertiary alicyclic amines) is 1. The molecule has 3 rings (SSSR count). The Morgan fingerprint density at radius 1 is 1.16 bits per heavy atom. The maximum atomic E-state index is 12.9. The van der Waals surface area contributed by atoms with Gasteiger partial charge in [-0.15, -0.1) is 0 Å². The van der Waals surface area contributed by atoms with Crippen LogP contribution in [0, 0.1) is 10.1 Å². The van der Waals surface area contributed by atoms with Gasteiger partial charge in [0.15, 0.2) is 0 Å². The Labute approximate surface area is 179 Å². The molecule has 0 aliphatic carbocycles. The van der Waals surface area contributed by atoms with Crippen LogP contribution >= 0.6 is 0 Å². The van der Waals surface area contributed by atoms with E-state index in [1.165, 1.54) is 29.2 Å². The zero-order chi connectivity index (χ0) is 22.5. The van der Waals surface area contributed by atoms with Gasteiger partial charge in [0.05, 0.1) is 23.1 Å². The zero-order valence-electron chi connectivity index (χ0n) is 17.4. The molecule has 1 atom stereocenters. The van der Waals surface area contributed by atoms with Gasteiger partial charge >= 0.3 is 0 Å². The van der Waals surface area contributed by atoms with E-state index in [9.17, 15) is 24.8 Å². The number of amides is 1. The standard InChI is InChI=1S/C23H24N2O6/c1-3-5-13-24-20(16-7-6-8-18(14-16)31-4-2)19(22(27)23(24)28)21(26)15-9-11-17(12-10-15)25(29)30/h6-12,14,20,26H,3-5,13H2,1-2H3/b21-19+. The highest BCUT2D eigenvalue weighted by Gasteiger charge is 2.45. The molecule has 162 valence electrons. The Bertz CT molecular complexity index is 1030. The molecule has 2 aromatic rings. The van der Waals surface area contributed by atoms with Gasteiger partial charge in [-0.05, 0) is 43.2 Å². The predicted octanol–water partition coefficient (Wildman–Crippen LogP) is 4.22. The van der Waals surface area contributed by atoms with E-state index in [0.717, 1.165) is 6.42 Å². The lowest BCUT2D eigenvalue weighted by Crippen LogP contribution is -2.30. The molecule has 31 heavy (non-hydrogen) atoms. The van der Waals surface area contributed by atoms with E-state index in [1.54, 1.807) is 24.3 Å². The van der Waals surface area contributed by atoms with Gasteiger partial charge in [0.2, 0.25) is 0 Å². The first-order valence-electron chi connectivity index (χ1n) is 10.1. The summed E-state index contributed by atoms with van der Waals surface area (Å²) in [6.07, 6.45) is 1.53. The topological polar surface area (TPSA) is 110 Å². The van der Waals surface area contributed by atoms with Gasteiger partial charge in [0.1, 0.15) is 11.5 Å². The third-order valence-corrected chi connectivity index (χ3v) is 5.13. The maximum Gasteiger partial charge on any atom is 0.295 e. The van der Waals surface area contributed by atoms with Gasteiger partial charge in [0, 0.05) is 24.2 Å². The van der Waals surface area contributed by atoms with Crippen molar-refractivity contribution >= 4 is 23.1 Å². The normalized spacial score (nSPS) is 17.7. The predicted molar refractivity (Wildman–Crippen MR) is 115 cm³/mol. The summed E-state index contributed by atoms with van der Waals surface area (Å²) in [5, 5.41) is 21.9. The monoisotopic (exact) mass is 424 g/mol. The van der Waals surface area contributed by atoms with Crippen LogP contribution in [0.1, 0.15) is 43.9 Å². The average molecular weight is 424 g/mol. The van der Waals surface area contributed by atoms with Crippen LogP contribution in [0.25, 0.3) is 5.76 Å². The summed E-state index contributed by atoms with van der Waals surface area (Å²) in [7, 11) is 0. The maximum absolute atomic E-state index is 12.9. The molecule has 1 saturated heterocycles. The summed E-state index contributed by atoms with van der Waals surface area (Å²) in [6.45, 7) is 4.66. The van der Waals surface area contributed by atoms with Crippen molar-refractivity contribution in [3.63, 3.8) is 0 Å². The molecule has 8 nitrogen and oxygen atoms in total. The molecule has 1 N–H and O–H groups in total. The van der Waals surface area contributed by atoms with Crippen molar-refractivity contribution in [2.75, 3.05) is 13.2 Å². The number of rotatable bonds is 8. The van der Waals surface area contributed by atoms with Gasteiger partial charge in [-0.2, -0.15) is 0 Å². The molecule has 1 heterocycles. The van der Waals surface area contributed by atoms with Crippen LogP contribution in [0.2, 0.25) is 0 Å². The van der Waals surface area contributed by atoms with Crippen molar-refractivity contribution in [2.45, 2.75) is 32.7 Å². The highest BCUT2D eigenvalue weighted by Crippen LogP contribution is 2.40. The number of hydrogen-bond donors (Lipinski definition) is 1. The first kappa shape index (κ1) is 22.0. The van der Waals surface area contributed by atoms with E-state index in [0.29, 0.717) is 30.9 Å². The number of carbonyl (C=O) groups excluding carboxylic acids is 2. The minimum atomic E-state index is -0.779. The van der Waals surface area contributed by atoms with Crippen molar-refractivity contribution in [1.29, 1.82) is 0 Å². The molecule has 1 aliphatic rings. The summed E-state index contributed by atoms with van der Waals surface area (Å²) in [5.74, 6) is -1.22. The summed E-state index contributed by atoms with van der Waals surface area (Å²) < 4.78 is 5.56. The number of nitrogens with zero attached hydrogens (tertiary/aromatic N) is 2.